The molecule has 1 aliphatic heterocycles. The average molecular weight is 292 g/mol. The molecule has 4 heteroatoms. The van der Waals surface area contributed by atoms with E-state index in [9.17, 15) is 4.79 Å². The van der Waals surface area contributed by atoms with E-state index in [0.29, 0.717) is 12.1 Å². The summed E-state index contributed by atoms with van der Waals surface area (Å²) in [4.78, 5) is 13.6. The fourth-order valence-electron chi connectivity index (χ4n) is 2.54. The second-order valence-corrected chi connectivity index (χ2v) is 6.69. The number of piperidine rings is 1. The second kappa shape index (κ2) is 7.70. The minimum Gasteiger partial charge on any atom is -0.352 e. The zero-order valence-corrected chi connectivity index (χ0v) is 13.1. The lowest BCUT2D eigenvalue weighted by Crippen LogP contribution is -2.48. The van der Waals surface area contributed by atoms with Crippen LogP contribution in [-0.2, 0) is 4.79 Å². The molecule has 1 aromatic rings. The highest BCUT2D eigenvalue weighted by atomic mass is 32.2. The van der Waals surface area contributed by atoms with E-state index < -0.39 is 0 Å². The standard InChI is InChI=1S/C16H24N2OS/c1-3-15(20-14-7-5-4-6-8-14)16(19)18-13-9-10-17-12(2)11-13/h4-8,12-13,15,17H,3,9-11H2,1-2H3,(H,18,19). The summed E-state index contributed by atoms with van der Waals surface area (Å²) in [7, 11) is 0. The second-order valence-electron chi connectivity index (χ2n) is 5.41. The Morgan fingerprint density at radius 1 is 1.45 bits per heavy atom. The summed E-state index contributed by atoms with van der Waals surface area (Å²) in [5, 5.41) is 6.63. The molecule has 3 atom stereocenters. The van der Waals surface area contributed by atoms with Crippen molar-refractivity contribution in [3.63, 3.8) is 0 Å². The largest absolute Gasteiger partial charge is 0.352 e. The van der Waals surface area contributed by atoms with Crippen molar-refractivity contribution in [1.82, 2.24) is 10.6 Å². The number of rotatable bonds is 5. The van der Waals surface area contributed by atoms with E-state index >= 15 is 0 Å². The summed E-state index contributed by atoms with van der Waals surface area (Å²) >= 11 is 1.66. The van der Waals surface area contributed by atoms with Gasteiger partial charge in [0.25, 0.3) is 0 Å². The molecule has 0 aliphatic carbocycles. The lowest BCUT2D eigenvalue weighted by atomic mass is 10.0. The van der Waals surface area contributed by atoms with Crippen LogP contribution < -0.4 is 10.6 Å². The van der Waals surface area contributed by atoms with Crippen LogP contribution in [0.2, 0.25) is 0 Å². The molecule has 1 fully saturated rings. The smallest absolute Gasteiger partial charge is 0.233 e. The first-order chi connectivity index (χ1) is 9.69. The van der Waals surface area contributed by atoms with E-state index in [4.69, 9.17) is 0 Å². The van der Waals surface area contributed by atoms with Crippen LogP contribution in [-0.4, -0.2) is 29.8 Å². The summed E-state index contributed by atoms with van der Waals surface area (Å²) < 4.78 is 0. The molecule has 3 nitrogen and oxygen atoms in total. The maximum atomic E-state index is 12.4. The van der Waals surface area contributed by atoms with Gasteiger partial charge in [0.2, 0.25) is 5.91 Å². The molecule has 2 N–H and O–H groups in total. The monoisotopic (exact) mass is 292 g/mol. The Labute approximate surface area is 125 Å². The predicted octanol–water partition coefficient (Wildman–Crippen LogP) is 2.81. The third kappa shape index (κ3) is 4.53. The molecule has 0 spiro atoms. The highest BCUT2D eigenvalue weighted by Crippen LogP contribution is 2.25. The van der Waals surface area contributed by atoms with E-state index in [1.807, 2.05) is 18.2 Å². The Bertz CT molecular complexity index is 424. The lowest BCUT2D eigenvalue weighted by molar-refractivity contribution is -0.121. The molecule has 0 aromatic heterocycles. The fraction of sp³-hybridized carbons (Fsp3) is 0.562. The molecule has 0 saturated carbocycles. The minimum atomic E-state index is 0.00240. The third-order valence-electron chi connectivity index (χ3n) is 3.65. The normalized spacial score (nSPS) is 24.1. The van der Waals surface area contributed by atoms with Crippen molar-refractivity contribution in [2.75, 3.05) is 6.54 Å². The molecule has 1 aromatic carbocycles. The molecule has 20 heavy (non-hydrogen) atoms. The van der Waals surface area contributed by atoms with Crippen LogP contribution in [0.5, 0.6) is 0 Å². The Balaban J connectivity index is 1.88. The first kappa shape index (κ1) is 15.4. The zero-order valence-electron chi connectivity index (χ0n) is 12.3. The first-order valence-electron chi connectivity index (χ1n) is 7.44. The van der Waals surface area contributed by atoms with E-state index in [-0.39, 0.29) is 11.2 Å². The predicted molar refractivity (Wildman–Crippen MR) is 85.0 cm³/mol. The number of nitrogens with one attached hydrogen (secondary N) is 2. The average Bonchev–Trinajstić information content (AvgIpc) is 2.45. The van der Waals surface area contributed by atoms with Crippen LogP contribution in [0.4, 0.5) is 0 Å². The van der Waals surface area contributed by atoms with E-state index in [2.05, 4.69) is 36.6 Å². The molecule has 3 unspecified atom stereocenters. The number of hydrogen-bond acceptors (Lipinski definition) is 3. The van der Waals surface area contributed by atoms with Crippen molar-refractivity contribution in [2.24, 2.45) is 0 Å². The van der Waals surface area contributed by atoms with Crippen molar-refractivity contribution in [3.05, 3.63) is 30.3 Å². The van der Waals surface area contributed by atoms with Crippen LogP contribution in [0.15, 0.2) is 35.2 Å². The number of thioether (sulfide) groups is 1. The molecular weight excluding hydrogens is 268 g/mol. The van der Waals surface area contributed by atoms with Crippen molar-refractivity contribution in [3.8, 4) is 0 Å². The maximum Gasteiger partial charge on any atom is 0.233 e. The van der Waals surface area contributed by atoms with Crippen LogP contribution >= 0.6 is 11.8 Å². The fourth-order valence-corrected chi connectivity index (χ4v) is 3.53. The third-order valence-corrected chi connectivity index (χ3v) is 5.03. The van der Waals surface area contributed by atoms with Crippen LogP contribution in [0.1, 0.15) is 33.1 Å². The van der Waals surface area contributed by atoms with Crippen molar-refractivity contribution < 1.29 is 4.79 Å². The van der Waals surface area contributed by atoms with Gasteiger partial charge in [-0.1, -0.05) is 25.1 Å². The van der Waals surface area contributed by atoms with Crippen LogP contribution in [0.25, 0.3) is 0 Å². The number of benzene rings is 1. The quantitative estimate of drug-likeness (QED) is 0.820. The molecule has 0 bridgehead atoms. The van der Waals surface area contributed by atoms with Crippen molar-refractivity contribution >= 4 is 17.7 Å². The van der Waals surface area contributed by atoms with Crippen molar-refractivity contribution in [2.45, 2.75) is 55.3 Å². The van der Waals surface area contributed by atoms with Gasteiger partial charge in [0.1, 0.15) is 0 Å². The molecule has 110 valence electrons. The van der Waals surface area contributed by atoms with E-state index in [0.717, 1.165) is 30.7 Å². The van der Waals surface area contributed by atoms with Gasteiger partial charge >= 0.3 is 0 Å². The lowest BCUT2D eigenvalue weighted by Gasteiger charge is -2.29. The van der Waals surface area contributed by atoms with Crippen LogP contribution in [0, 0.1) is 0 Å². The molecule has 1 saturated heterocycles. The highest BCUT2D eigenvalue weighted by Gasteiger charge is 2.24. The van der Waals surface area contributed by atoms with Gasteiger partial charge < -0.3 is 10.6 Å². The van der Waals surface area contributed by atoms with Gasteiger partial charge in [-0.3, -0.25) is 4.79 Å². The topological polar surface area (TPSA) is 41.1 Å². The summed E-state index contributed by atoms with van der Waals surface area (Å²) in [5.74, 6) is 0.181. The van der Waals surface area contributed by atoms with Gasteiger partial charge in [0.05, 0.1) is 5.25 Å². The van der Waals surface area contributed by atoms with Gasteiger partial charge in [0.15, 0.2) is 0 Å². The number of carbonyl (C=O) groups is 1. The van der Waals surface area contributed by atoms with E-state index in [1.54, 1.807) is 11.8 Å². The number of carbonyl (C=O) groups excluding carboxylic acids is 1. The molecule has 1 aliphatic rings. The summed E-state index contributed by atoms with van der Waals surface area (Å²) in [6.07, 6.45) is 2.91. The van der Waals surface area contributed by atoms with Crippen molar-refractivity contribution in [1.29, 1.82) is 0 Å². The SMILES string of the molecule is CCC(Sc1ccccc1)C(=O)NC1CCNC(C)C1. The Morgan fingerprint density at radius 3 is 2.85 bits per heavy atom. The Kier molecular flexibility index (Phi) is 5.92. The minimum absolute atomic E-state index is 0.00240. The summed E-state index contributed by atoms with van der Waals surface area (Å²) in [6, 6.07) is 11.0. The van der Waals surface area contributed by atoms with Gasteiger partial charge in [-0.05, 0) is 44.9 Å². The van der Waals surface area contributed by atoms with Gasteiger partial charge in [-0.15, -0.1) is 11.8 Å². The number of hydrogen-bond donors (Lipinski definition) is 2. The van der Waals surface area contributed by atoms with Crippen LogP contribution in [0.3, 0.4) is 0 Å². The van der Waals surface area contributed by atoms with E-state index in [1.165, 1.54) is 0 Å². The molecule has 1 amide bonds. The number of amides is 1. The summed E-state index contributed by atoms with van der Waals surface area (Å²) in [6.45, 7) is 5.24. The first-order valence-corrected chi connectivity index (χ1v) is 8.32. The summed E-state index contributed by atoms with van der Waals surface area (Å²) in [5.41, 5.74) is 0. The Morgan fingerprint density at radius 2 is 2.20 bits per heavy atom. The van der Waals surface area contributed by atoms with Gasteiger partial charge in [0, 0.05) is 17.0 Å². The maximum absolute atomic E-state index is 12.4. The molecule has 2 rings (SSSR count). The molecule has 1 heterocycles. The molecular formula is C16H24N2OS. The van der Waals surface area contributed by atoms with Gasteiger partial charge in [-0.2, -0.15) is 0 Å². The highest BCUT2D eigenvalue weighted by molar-refractivity contribution is 8.00. The Hall–Kier alpha value is -1.00. The molecule has 0 radical (unpaired) electrons. The zero-order chi connectivity index (χ0) is 14.4. The van der Waals surface area contributed by atoms with Gasteiger partial charge in [-0.25, -0.2) is 0 Å².